The van der Waals surface area contributed by atoms with Gasteiger partial charge in [0.1, 0.15) is 11.3 Å². The quantitative estimate of drug-likeness (QED) is 0.581. The molecule has 1 aromatic carbocycles. The Morgan fingerprint density at radius 3 is 2.75 bits per heavy atom. The van der Waals surface area contributed by atoms with Crippen molar-refractivity contribution in [2.45, 2.75) is 26.2 Å². The summed E-state index contributed by atoms with van der Waals surface area (Å²) in [7, 11) is 0. The number of ether oxygens (including phenoxy) is 2. The number of aromatic nitrogens is 3. The molecule has 1 fully saturated rings. The second-order valence-corrected chi connectivity index (χ2v) is 7.21. The first-order valence-electron chi connectivity index (χ1n) is 9.61. The highest BCUT2D eigenvalue weighted by molar-refractivity contribution is 6.29. The van der Waals surface area contributed by atoms with Gasteiger partial charge in [-0.1, -0.05) is 11.6 Å². The van der Waals surface area contributed by atoms with Crippen LogP contribution in [0.15, 0.2) is 34.7 Å². The summed E-state index contributed by atoms with van der Waals surface area (Å²) >= 11 is 5.81. The van der Waals surface area contributed by atoms with E-state index in [9.17, 15) is 0 Å². The zero-order chi connectivity index (χ0) is 19.3. The van der Waals surface area contributed by atoms with Gasteiger partial charge in [-0.2, -0.15) is 4.98 Å². The number of fused-ring (bicyclic) bond motifs is 1. The molecule has 3 heterocycles. The van der Waals surface area contributed by atoms with Crippen LogP contribution in [-0.4, -0.2) is 41.5 Å². The van der Waals surface area contributed by atoms with Crippen LogP contribution in [0.5, 0.6) is 11.8 Å². The number of halogens is 1. The van der Waals surface area contributed by atoms with Crippen molar-refractivity contribution >= 4 is 28.5 Å². The molecule has 28 heavy (non-hydrogen) atoms. The van der Waals surface area contributed by atoms with Crippen LogP contribution in [0.25, 0.3) is 11.1 Å². The summed E-state index contributed by atoms with van der Waals surface area (Å²) in [5.74, 6) is 2.33. The summed E-state index contributed by atoms with van der Waals surface area (Å²) in [6, 6.07) is 9.39. The highest BCUT2D eigenvalue weighted by Crippen LogP contribution is 2.27. The molecule has 4 rings (SSSR count). The molecule has 0 bridgehead atoms. The van der Waals surface area contributed by atoms with E-state index in [1.807, 2.05) is 31.2 Å². The molecule has 0 unspecified atom stereocenters. The average Bonchev–Trinajstić information content (AvgIpc) is 3.11. The van der Waals surface area contributed by atoms with Crippen molar-refractivity contribution in [1.29, 1.82) is 0 Å². The largest absolute Gasteiger partial charge is 0.493 e. The lowest BCUT2D eigenvalue weighted by Gasteiger charge is -2.32. The zero-order valence-electron chi connectivity index (χ0n) is 15.8. The molecular weight excluding hydrogens is 380 g/mol. The van der Waals surface area contributed by atoms with Crippen LogP contribution < -0.4 is 14.4 Å². The van der Waals surface area contributed by atoms with Crippen molar-refractivity contribution in [2.75, 3.05) is 31.2 Å². The van der Waals surface area contributed by atoms with Gasteiger partial charge in [-0.3, -0.25) is 0 Å². The Hall–Kier alpha value is -2.54. The Kier molecular flexibility index (Phi) is 5.81. The zero-order valence-corrected chi connectivity index (χ0v) is 16.6. The summed E-state index contributed by atoms with van der Waals surface area (Å²) in [6.07, 6.45) is 3.56. The summed E-state index contributed by atoms with van der Waals surface area (Å²) < 4.78 is 16.8. The molecule has 7 nitrogen and oxygen atoms in total. The van der Waals surface area contributed by atoms with Gasteiger partial charge in [0.15, 0.2) is 16.6 Å². The van der Waals surface area contributed by atoms with Crippen molar-refractivity contribution in [2.24, 2.45) is 5.92 Å². The second kappa shape index (κ2) is 8.65. The Morgan fingerprint density at radius 1 is 1.14 bits per heavy atom. The molecule has 148 valence electrons. The number of benzene rings is 1. The van der Waals surface area contributed by atoms with E-state index in [-0.39, 0.29) is 0 Å². The number of hydrogen-bond donors (Lipinski definition) is 0. The van der Waals surface area contributed by atoms with Gasteiger partial charge < -0.3 is 18.8 Å². The van der Waals surface area contributed by atoms with Gasteiger partial charge in [-0.15, -0.1) is 10.2 Å². The lowest BCUT2D eigenvalue weighted by Crippen LogP contribution is -2.34. The minimum absolute atomic E-state index is 0.298. The normalized spacial score (nSPS) is 15.1. The lowest BCUT2D eigenvalue weighted by molar-refractivity contribution is 0.250. The Balaban J connectivity index is 1.24. The summed E-state index contributed by atoms with van der Waals surface area (Å²) in [4.78, 5) is 6.53. The van der Waals surface area contributed by atoms with Crippen LogP contribution >= 0.6 is 11.6 Å². The summed E-state index contributed by atoms with van der Waals surface area (Å²) in [5.41, 5.74) is 1.45. The highest BCUT2D eigenvalue weighted by atomic mass is 35.5. The average molecular weight is 403 g/mol. The van der Waals surface area contributed by atoms with Gasteiger partial charge in [-0.05, 0) is 56.4 Å². The minimum atomic E-state index is 0.298. The van der Waals surface area contributed by atoms with Crippen LogP contribution in [0, 0.1) is 5.92 Å². The standard InChI is InChI=1S/C20H23ClN4O3/c1-2-26-20-22-16-4-3-15(13-17(16)28-20)27-12-9-14-7-10-25(11-8-14)19-6-5-18(21)23-24-19/h3-6,13-14H,2,7-12H2,1H3. The van der Waals surface area contributed by atoms with Gasteiger partial charge in [0.05, 0.1) is 13.2 Å². The molecule has 2 aromatic heterocycles. The third-order valence-electron chi connectivity index (χ3n) is 4.96. The van der Waals surface area contributed by atoms with Gasteiger partial charge in [0.2, 0.25) is 0 Å². The first-order chi connectivity index (χ1) is 13.7. The number of piperidine rings is 1. The van der Waals surface area contributed by atoms with Gasteiger partial charge in [0.25, 0.3) is 0 Å². The summed E-state index contributed by atoms with van der Waals surface area (Å²) in [6.45, 7) is 5.07. The fraction of sp³-hybridized carbons (Fsp3) is 0.450. The maximum Gasteiger partial charge on any atom is 0.394 e. The Bertz CT molecular complexity index is 907. The van der Waals surface area contributed by atoms with Crippen molar-refractivity contribution < 1.29 is 13.9 Å². The number of rotatable bonds is 7. The van der Waals surface area contributed by atoms with E-state index in [2.05, 4.69) is 20.1 Å². The number of nitrogens with zero attached hydrogens (tertiary/aromatic N) is 4. The monoisotopic (exact) mass is 402 g/mol. The molecule has 0 radical (unpaired) electrons. The van der Waals surface area contributed by atoms with Gasteiger partial charge in [-0.25, -0.2) is 0 Å². The van der Waals surface area contributed by atoms with Crippen molar-refractivity contribution in [1.82, 2.24) is 15.2 Å². The van der Waals surface area contributed by atoms with Crippen LogP contribution in [-0.2, 0) is 0 Å². The third kappa shape index (κ3) is 4.47. The fourth-order valence-electron chi connectivity index (χ4n) is 3.43. The van der Waals surface area contributed by atoms with Crippen molar-refractivity contribution in [3.8, 4) is 11.8 Å². The van der Waals surface area contributed by atoms with E-state index in [4.69, 9.17) is 25.5 Å². The fourth-order valence-corrected chi connectivity index (χ4v) is 3.53. The van der Waals surface area contributed by atoms with Crippen molar-refractivity contribution in [3.05, 3.63) is 35.5 Å². The van der Waals surface area contributed by atoms with E-state index < -0.39 is 0 Å². The number of oxazole rings is 1. The molecule has 0 amide bonds. The third-order valence-corrected chi connectivity index (χ3v) is 5.16. The topological polar surface area (TPSA) is 73.5 Å². The molecule has 0 aliphatic carbocycles. The molecular formula is C20H23ClN4O3. The van der Waals surface area contributed by atoms with Crippen molar-refractivity contribution in [3.63, 3.8) is 0 Å². The minimum Gasteiger partial charge on any atom is -0.493 e. The van der Waals surface area contributed by atoms with E-state index >= 15 is 0 Å². The van der Waals surface area contributed by atoms with Gasteiger partial charge >= 0.3 is 6.08 Å². The SMILES string of the molecule is CCOc1nc2ccc(OCCC3CCN(c4ccc(Cl)nn4)CC3)cc2o1. The first kappa shape index (κ1) is 18.8. The smallest absolute Gasteiger partial charge is 0.394 e. The second-order valence-electron chi connectivity index (χ2n) is 6.82. The van der Waals surface area contributed by atoms with Gasteiger partial charge in [0, 0.05) is 19.2 Å². The van der Waals surface area contributed by atoms with Crippen LogP contribution in [0.2, 0.25) is 5.15 Å². The van der Waals surface area contributed by atoms with E-state index in [1.165, 1.54) is 0 Å². The molecule has 0 spiro atoms. The van der Waals surface area contributed by atoms with Crippen LogP contribution in [0.4, 0.5) is 5.82 Å². The predicted molar refractivity (Wildman–Crippen MR) is 107 cm³/mol. The van der Waals surface area contributed by atoms with E-state index in [0.29, 0.717) is 35.9 Å². The van der Waals surface area contributed by atoms with Crippen LogP contribution in [0.1, 0.15) is 26.2 Å². The molecule has 8 heteroatoms. The molecule has 1 saturated heterocycles. The highest BCUT2D eigenvalue weighted by Gasteiger charge is 2.20. The maximum absolute atomic E-state index is 5.93. The predicted octanol–water partition coefficient (Wildman–Crippen LogP) is 4.36. The molecule has 1 aliphatic heterocycles. The lowest BCUT2D eigenvalue weighted by atomic mass is 9.94. The Labute approximate surface area is 168 Å². The molecule has 3 aromatic rings. The Morgan fingerprint density at radius 2 is 2.00 bits per heavy atom. The number of anilines is 1. The number of hydrogen-bond acceptors (Lipinski definition) is 7. The summed E-state index contributed by atoms with van der Waals surface area (Å²) in [5, 5.41) is 8.51. The first-order valence-corrected chi connectivity index (χ1v) is 9.99. The molecule has 1 aliphatic rings. The van der Waals surface area contributed by atoms with Crippen LogP contribution in [0.3, 0.4) is 0 Å². The molecule has 0 saturated carbocycles. The molecule has 0 atom stereocenters. The van der Waals surface area contributed by atoms with E-state index in [0.717, 1.165) is 49.4 Å². The molecule has 0 N–H and O–H groups in total. The maximum atomic E-state index is 5.93. The van der Waals surface area contributed by atoms with E-state index in [1.54, 1.807) is 6.07 Å².